The van der Waals surface area contributed by atoms with Crippen LogP contribution < -0.4 is 9.47 Å². The fourth-order valence-electron chi connectivity index (χ4n) is 3.12. The van der Waals surface area contributed by atoms with Crippen LogP contribution in [0.1, 0.15) is 70.2 Å². The summed E-state index contributed by atoms with van der Waals surface area (Å²) < 4.78 is 11.5. The largest absolute Gasteiger partial charge is 0.491 e. The highest BCUT2D eigenvalue weighted by Crippen LogP contribution is 2.36. The molecule has 28 heavy (non-hydrogen) atoms. The maximum absolute atomic E-state index is 12.1. The third kappa shape index (κ3) is 4.95. The van der Waals surface area contributed by atoms with Crippen molar-refractivity contribution in [1.29, 1.82) is 0 Å². The summed E-state index contributed by atoms with van der Waals surface area (Å²) in [4.78, 5) is 12.1. The van der Waals surface area contributed by atoms with Crippen molar-refractivity contribution in [3.05, 3.63) is 58.7 Å². The van der Waals surface area contributed by atoms with E-state index in [1.807, 2.05) is 40.7 Å². The molecule has 0 amide bonds. The van der Waals surface area contributed by atoms with Gasteiger partial charge in [0.15, 0.2) is 0 Å². The normalized spacial score (nSPS) is 12.8. The lowest BCUT2D eigenvalue weighted by Gasteiger charge is -2.28. The average molecular weight is 383 g/mol. The molecule has 1 atom stereocenters. The van der Waals surface area contributed by atoms with E-state index in [-0.39, 0.29) is 23.4 Å². The zero-order valence-corrected chi connectivity index (χ0v) is 18.6. The van der Waals surface area contributed by atoms with Gasteiger partial charge in [-0.05, 0) is 68.5 Å². The van der Waals surface area contributed by atoms with Crippen molar-refractivity contribution in [1.82, 2.24) is 0 Å². The Morgan fingerprint density at radius 3 is 1.86 bits per heavy atom. The topological polar surface area (TPSA) is 35.5 Å². The second-order valence-corrected chi connectivity index (χ2v) is 8.48. The van der Waals surface area contributed by atoms with E-state index in [0.717, 1.165) is 23.3 Å². The third-order valence-corrected chi connectivity index (χ3v) is 5.38. The Morgan fingerprint density at radius 2 is 1.43 bits per heavy atom. The Hall–Kier alpha value is -2.29. The second kappa shape index (κ2) is 8.81. The van der Waals surface area contributed by atoms with Crippen molar-refractivity contribution in [2.24, 2.45) is 5.92 Å². The number of carbonyl (C=O) groups is 1. The molecule has 1 unspecified atom stereocenters. The van der Waals surface area contributed by atoms with Crippen LogP contribution in [0, 0.1) is 19.8 Å². The van der Waals surface area contributed by atoms with Gasteiger partial charge in [-0.25, -0.2) is 0 Å². The van der Waals surface area contributed by atoms with Gasteiger partial charge in [0.2, 0.25) is 0 Å². The standard InChI is InChI=1S/C25H34O3/c1-9-17(4)24(26)28-23-13-11-21(15-19(23)6)25(7,8)20-10-12-22(18(5)14-20)27-16(2)3/h10-17H,9H2,1-8H3. The van der Waals surface area contributed by atoms with Crippen molar-refractivity contribution < 1.29 is 14.3 Å². The van der Waals surface area contributed by atoms with Gasteiger partial charge in [0.05, 0.1) is 12.0 Å². The molecule has 0 aromatic heterocycles. The van der Waals surface area contributed by atoms with Crippen LogP contribution in [0.25, 0.3) is 0 Å². The molecule has 2 aromatic rings. The van der Waals surface area contributed by atoms with Gasteiger partial charge in [-0.15, -0.1) is 0 Å². The van der Waals surface area contributed by atoms with E-state index in [2.05, 4.69) is 51.1 Å². The minimum absolute atomic E-state index is 0.0925. The summed E-state index contributed by atoms with van der Waals surface area (Å²) in [6.07, 6.45) is 0.935. The van der Waals surface area contributed by atoms with E-state index in [1.165, 1.54) is 11.1 Å². The molecule has 152 valence electrons. The minimum atomic E-state index is -0.175. The first-order valence-electron chi connectivity index (χ1n) is 10.2. The number of hydrogen-bond donors (Lipinski definition) is 0. The molecular formula is C25H34O3. The van der Waals surface area contributed by atoms with E-state index in [1.54, 1.807) is 0 Å². The first-order valence-corrected chi connectivity index (χ1v) is 10.2. The van der Waals surface area contributed by atoms with Crippen LogP contribution in [0.4, 0.5) is 0 Å². The van der Waals surface area contributed by atoms with Gasteiger partial charge in [-0.3, -0.25) is 4.79 Å². The summed E-state index contributed by atoms with van der Waals surface area (Å²) in [6.45, 7) is 16.5. The Bertz CT molecular complexity index is 834. The molecule has 0 aliphatic carbocycles. The molecule has 0 saturated carbocycles. The predicted molar refractivity (Wildman–Crippen MR) is 115 cm³/mol. The smallest absolute Gasteiger partial charge is 0.314 e. The van der Waals surface area contributed by atoms with Gasteiger partial charge in [0.1, 0.15) is 11.5 Å². The lowest BCUT2D eigenvalue weighted by molar-refractivity contribution is -0.138. The maximum atomic E-state index is 12.1. The van der Waals surface area contributed by atoms with Crippen LogP contribution in [0.15, 0.2) is 36.4 Å². The van der Waals surface area contributed by atoms with Crippen LogP contribution in [0.5, 0.6) is 11.5 Å². The molecule has 3 heteroatoms. The number of carbonyl (C=O) groups excluding carboxylic acids is 1. The van der Waals surface area contributed by atoms with Crippen molar-refractivity contribution in [2.45, 2.75) is 73.3 Å². The summed E-state index contributed by atoms with van der Waals surface area (Å²) in [5, 5.41) is 0. The highest BCUT2D eigenvalue weighted by molar-refractivity contribution is 5.75. The van der Waals surface area contributed by atoms with Crippen molar-refractivity contribution in [3.63, 3.8) is 0 Å². The molecule has 3 nitrogen and oxygen atoms in total. The molecule has 0 fully saturated rings. The average Bonchev–Trinajstić information content (AvgIpc) is 2.63. The van der Waals surface area contributed by atoms with Crippen LogP contribution in [0.2, 0.25) is 0 Å². The van der Waals surface area contributed by atoms with Gasteiger partial charge < -0.3 is 9.47 Å². The Balaban J connectivity index is 2.29. The van der Waals surface area contributed by atoms with Gasteiger partial charge in [-0.1, -0.05) is 52.0 Å². The van der Waals surface area contributed by atoms with Crippen molar-refractivity contribution in [3.8, 4) is 11.5 Å². The Morgan fingerprint density at radius 1 is 0.929 bits per heavy atom. The molecule has 0 heterocycles. The molecule has 0 N–H and O–H groups in total. The third-order valence-electron chi connectivity index (χ3n) is 5.38. The molecule has 2 rings (SSSR count). The molecule has 0 aliphatic heterocycles. The second-order valence-electron chi connectivity index (χ2n) is 8.48. The van der Waals surface area contributed by atoms with E-state index in [4.69, 9.17) is 9.47 Å². The van der Waals surface area contributed by atoms with E-state index in [0.29, 0.717) is 5.75 Å². The zero-order chi connectivity index (χ0) is 21.1. The predicted octanol–water partition coefficient (Wildman–Crippen LogP) is 6.37. The highest BCUT2D eigenvalue weighted by Gasteiger charge is 2.25. The van der Waals surface area contributed by atoms with Gasteiger partial charge in [0.25, 0.3) is 0 Å². The molecule has 0 bridgehead atoms. The summed E-state index contributed by atoms with van der Waals surface area (Å²) in [6, 6.07) is 12.5. The summed E-state index contributed by atoms with van der Waals surface area (Å²) >= 11 is 0. The fraction of sp³-hybridized carbons (Fsp3) is 0.480. The number of benzene rings is 2. The molecule has 0 spiro atoms. The van der Waals surface area contributed by atoms with Crippen LogP contribution in [-0.4, -0.2) is 12.1 Å². The monoisotopic (exact) mass is 382 g/mol. The lowest BCUT2D eigenvalue weighted by Crippen LogP contribution is -2.20. The highest BCUT2D eigenvalue weighted by atomic mass is 16.5. The number of aryl methyl sites for hydroxylation is 2. The van der Waals surface area contributed by atoms with Gasteiger partial charge in [-0.2, -0.15) is 0 Å². The van der Waals surface area contributed by atoms with Crippen molar-refractivity contribution in [2.75, 3.05) is 0 Å². The molecular weight excluding hydrogens is 348 g/mol. The van der Waals surface area contributed by atoms with E-state index in [9.17, 15) is 4.79 Å². The quantitative estimate of drug-likeness (QED) is 0.412. The zero-order valence-electron chi connectivity index (χ0n) is 18.6. The number of ether oxygens (including phenoxy) is 2. The lowest BCUT2D eigenvalue weighted by atomic mass is 9.77. The molecule has 2 aromatic carbocycles. The molecule has 0 aliphatic rings. The SMILES string of the molecule is CCC(C)C(=O)Oc1ccc(C(C)(C)c2ccc(OC(C)C)c(C)c2)cc1C. The fourth-order valence-corrected chi connectivity index (χ4v) is 3.12. The van der Waals surface area contributed by atoms with E-state index < -0.39 is 0 Å². The van der Waals surface area contributed by atoms with Crippen LogP contribution >= 0.6 is 0 Å². The maximum Gasteiger partial charge on any atom is 0.314 e. The Labute approximate surface area is 170 Å². The summed E-state index contributed by atoms with van der Waals surface area (Å²) in [5.74, 6) is 1.30. The first kappa shape index (κ1) is 22.0. The van der Waals surface area contributed by atoms with Gasteiger partial charge in [0, 0.05) is 5.41 Å². The van der Waals surface area contributed by atoms with Gasteiger partial charge >= 0.3 is 5.97 Å². The van der Waals surface area contributed by atoms with E-state index >= 15 is 0 Å². The van der Waals surface area contributed by atoms with Crippen LogP contribution in [-0.2, 0) is 10.2 Å². The summed E-state index contributed by atoms with van der Waals surface area (Å²) in [5.41, 5.74) is 4.34. The van der Waals surface area contributed by atoms with Crippen molar-refractivity contribution >= 4 is 5.97 Å². The Kier molecular flexibility index (Phi) is 6.92. The summed E-state index contributed by atoms with van der Waals surface area (Å²) in [7, 11) is 0. The number of hydrogen-bond acceptors (Lipinski definition) is 3. The minimum Gasteiger partial charge on any atom is -0.491 e. The number of rotatable bonds is 7. The molecule has 0 radical (unpaired) electrons. The van der Waals surface area contributed by atoms with Crippen LogP contribution in [0.3, 0.4) is 0 Å². The molecule has 0 saturated heterocycles. The first-order chi connectivity index (χ1) is 13.1. The number of esters is 1.